The van der Waals surface area contributed by atoms with Gasteiger partial charge in [-0.25, -0.2) is 17.2 Å². The van der Waals surface area contributed by atoms with Crippen LogP contribution in [0.2, 0.25) is 0 Å². The number of benzene rings is 4. The van der Waals surface area contributed by atoms with Gasteiger partial charge in [-0.05, 0) is 80.9 Å². The number of nitrogens with zero attached hydrogens (tertiary/aromatic N) is 2. The average Bonchev–Trinajstić information content (AvgIpc) is 3.03. The second-order valence-corrected chi connectivity index (χ2v) is 12.7. The predicted molar refractivity (Wildman–Crippen MR) is 173 cm³/mol. The van der Waals surface area contributed by atoms with Crippen molar-refractivity contribution in [1.82, 2.24) is 10.2 Å². The summed E-state index contributed by atoms with van der Waals surface area (Å²) in [7, 11) is -4.43. The number of carbonyl (C=O) groups excluding carboxylic acids is 2. The molecule has 0 aromatic heterocycles. The van der Waals surface area contributed by atoms with Gasteiger partial charge in [-0.2, -0.15) is 0 Å². The van der Waals surface area contributed by atoms with Crippen molar-refractivity contribution in [2.75, 3.05) is 17.5 Å². The fourth-order valence-electron chi connectivity index (χ4n) is 4.88. The molecule has 46 heavy (non-hydrogen) atoms. The van der Waals surface area contributed by atoms with Gasteiger partial charge in [-0.1, -0.05) is 48.5 Å². The number of rotatable bonds is 14. The monoisotopic (exact) mass is 649 g/mol. The minimum absolute atomic E-state index is 0.0906. The van der Waals surface area contributed by atoms with Gasteiger partial charge in [-0.15, -0.1) is 0 Å². The maximum Gasteiger partial charge on any atom is 0.264 e. The number of hydrogen-bond donors (Lipinski definition) is 1. The van der Waals surface area contributed by atoms with E-state index in [1.54, 1.807) is 44.2 Å². The van der Waals surface area contributed by atoms with E-state index in [9.17, 15) is 26.8 Å². The molecule has 0 aliphatic rings. The highest BCUT2D eigenvalue weighted by molar-refractivity contribution is 7.92. The van der Waals surface area contributed by atoms with Crippen LogP contribution in [0.3, 0.4) is 0 Å². The van der Waals surface area contributed by atoms with Crippen molar-refractivity contribution in [1.29, 1.82) is 0 Å². The fraction of sp³-hybridized carbons (Fsp3) is 0.257. The molecule has 4 aromatic carbocycles. The highest BCUT2D eigenvalue weighted by Gasteiger charge is 2.35. The maximum absolute atomic E-state index is 15.0. The lowest BCUT2D eigenvalue weighted by molar-refractivity contribution is -0.140. The summed E-state index contributed by atoms with van der Waals surface area (Å²) in [5, 5.41) is 2.86. The van der Waals surface area contributed by atoms with Crippen molar-refractivity contribution in [3.05, 3.63) is 126 Å². The van der Waals surface area contributed by atoms with Crippen molar-refractivity contribution in [3.8, 4) is 5.75 Å². The van der Waals surface area contributed by atoms with E-state index < -0.39 is 46.1 Å². The molecule has 0 aliphatic carbocycles. The van der Waals surface area contributed by atoms with Gasteiger partial charge in [0.1, 0.15) is 30.0 Å². The molecule has 0 heterocycles. The Morgan fingerprint density at radius 3 is 2.09 bits per heavy atom. The summed E-state index contributed by atoms with van der Waals surface area (Å²) in [5.41, 5.74) is 1.04. The highest BCUT2D eigenvalue weighted by Crippen LogP contribution is 2.27. The number of anilines is 1. The maximum atomic E-state index is 15.0. The Balaban J connectivity index is 1.81. The van der Waals surface area contributed by atoms with Gasteiger partial charge in [-0.3, -0.25) is 13.9 Å². The summed E-state index contributed by atoms with van der Waals surface area (Å²) in [6, 6.07) is 24.0. The van der Waals surface area contributed by atoms with Gasteiger partial charge in [0.25, 0.3) is 10.0 Å². The van der Waals surface area contributed by atoms with Gasteiger partial charge >= 0.3 is 0 Å². The van der Waals surface area contributed by atoms with E-state index in [2.05, 4.69) is 5.32 Å². The van der Waals surface area contributed by atoms with Crippen LogP contribution in [-0.2, 0) is 32.6 Å². The van der Waals surface area contributed by atoms with E-state index in [0.717, 1.165) is 34.1 Å². The van der Waals surface area contributed by atoms with E-state index in [1.165, 1.54) is 35.2 Å². The largest absolute Gasteiger partial charge is 0.494 e. The molecule has 1 atom stereocenters. The number of carbonyl (C=O) groups is 2. The Hall–Kier alpha value is -4.77. The van der Waals surface area contributed by atoms with Crippen molar-refractivity contribution in [3.63, 3.8) is 0 Å². The molecule has 0 radical (unpaired) electrons. The van der Waals surface area contributed by atoms with E-state index in [4.69, 9.17) is 4.74 Å². The van der Waals surface area contributed by atoms with Crippen LogP contribution >= 0.6 is 0 Å². The van der Waals surface area contributed by atoms with E-state index in [1.807, 2.05) is 25.1 Å². The molecule has 0 bridgehead atoms. The van der Waals surface area contributed by atoms with Crippen molar-refractivity contribution in [2.24, 2.45) is 0 Å². The molecule has 1 N–H and O–H groups in total. The zero-order chi connectivity index (χ0) is 33.3. The van der Waals surface area contributed by atoms with E-state index >= 15 is 0 Å². The molecular formula is C35H37F2N3O5S. The summed E-state index contributed by atoms with van der Waals surface area (Å²) < 4.78 is 63.2. The molecular weight excluding hydrogens is 612 g/mol. The molecule has 4 rings (SSSR count). The molecule has 0 unspecified atom stereocenters. The second-order valence-electron chi connectivity index (χ2n) is 10.9. The molecule has 242 valence electrons. The van der Waals surface area contributed by atoms with Crippen LogP contribution in [-0.4, -0.2) is 50.4 Å². The number of hydrogen-bond acceptors (Lipinski definition) is 5. The summed E-state index contributed by atoms with van der Waals surface area (Å²) in [6.07, 6.45) is 0.0906. The highest BCUT2D eigenvalue weighted by atomic mass is 32.2. The Kier molecular flexibility index (Phi) is 11.5. The molecule has 0 spiro atoms. The molecule has 4 aromatic rings. The van der Waals surface area contributed by atoms with Crippen LogP contribution in [0, 0.1) is 11.6 Å². The number of sulfonamides is 1. The number of ether oxygens (including phenoxy) is 1. The zero-order valence-electron chi connectivity index (χ0n) is 25.9. The Labute approximate surface area is 268 Å². The zero-order valence-corrected chi connectivity index (χ0v) is 26.7. The Morgan fingerprint density at radius 2 is 1.48 bits per heavy atom. The minimum atomic E-state index is -4.43. The second kappa shape index (κ2) is 15.5. The number of nitrogens with one attached hydrogen (secondary N) is 1. The van der Waals surface area contributed by atoms with Crippen LogP contribution in [0.1, 0.15) is 31.9 Å². The molecule has 0 aliphatic heterocycles. The first-order chi connectivity index (χ1) is 22.0. The third-order valence-electron chi connectivity index (χ3n) is 7.12. The lowest BCUT2D eigenvalue weighted by Gasteiger charge is -2.34. The van der Waals surface area contributed by atoms with Gasteiger partial charge in [0.15, 0.2) is 0 Å². The third-order valence-corrected chi connectivity index (χ3v) is 8.90. The smallest absolute Gasteiger partial charge is 0.264 e. The predicted octanol–water partition coefficient (Wildman–Crippen LogP) is 5.72. The van der Waals surface area contributed by atoms with Crippen LogP contribution in [0.25, 0.3) is 0 Å². The minimum Gasteiger partial charge on any atom is -0.494 e. The molecule has 0 saturated carbocycles. The average molecular weight is 650 g/mol. The van der Waals surface area contributed by atoms with Crippen LogP contribution in [0.4, 0.5) is 14.5 Å². The van der Waals surface area contributed by atoms with Crippen molar-refractivity contribution >= 4 is 27.5 Å². The van der Waals surface area contributed by atoms with Crippen LogP contribution < -0.4 is 14.4 Å². The van der Waals surface area contributed by atoms with Gasteiger partial charge in [0.2, 0.25) is 11.8 Å². The summed E-state index contributed by atoms with van der Waals surface area (Å²) in [5.74, 6) is -1.93. The molecule has 0 fully saturated rings. The van der Waals surface area contributed by atoms with Gasteiger partial charge in [0.05, 0.1) is 17.2 Å². The SMILES string of the molecule is CCOc1ccc(N(CC(=O)N(Cc2ccccc2F)[C@H](Cc2ccccc2)C(=O)NC(C)C)S(=O)(=O)c2ccc(F)cc2)cc1. The first-order valence-corrected chi connectivity index (χ1v) is 16.3. The molecule has 0 saturated heterocycles. The van der Waals surface area contributed by atoms with Gasteiger partial charge < -0.3 is 15.0 Å². The van der Waals surface area contributed by atoms with Crippen LogP contribution in [0.5, 0.6) is 5.75 Å². The normalized spacial score (nSPS) is 12.0. The molecule has 8 nitrogen and oxygen atoms in total. The van der Waals surface area contributed by atoms with E-state index in [0.29, 0.717) is 12.4 Å². The lowest BCUT2D eigenvalue weighted by Crippen LogP contribution is -2.54. The van der Waals surface area contributed by atoms with Crippen LogP contribution in [0.15, 0.2) is 108 Å². The third kappa shape index (κ3) is 8.69. The number of halogens is 2. The molecule has 2 amide bonds. The number of amides is 2. The summed E-state index contributed by atoms with van der Waals surface area (Å²) in [4.78, 5) is 29.1. The quantitative estimate of drug-likeness (QED) is 0.189. The summed E-state index contributed by atoms with van der Waals surface area (Å²) in [6.45, 7) is 4.72. The Bertz CT molecular complexity index is 1720. The van der Waals surface area contributed by atoms with E-state index in [-0.39, 0.29) is 35.2 Å². The standard InChI is InChI=1S/C35H37F2N3O5S/c1-4-45-30-18-16-29(17-19-30)40(46(43,44)31-20-14-28(36)15-21-31)24-34(41)39(23-27-12-8-9-13-32(27)37)33(35(42)38-25(2)3)22-26-10-6-5-7-11-26/h5-21,25,33H,4,22-24H2,1-3H3,(H,38,42)/t33-/m1/s1. The summed E-state index contributed by atoms with van der Waals surface area (Å²) >= 11 is 0. The molecule has 11 heteroatoms. The van der Waals surface area contributed by atoms with Crippen molar-refractivity contribution < 1.29 is 31.5 Å². The van der Waals surface area contributed by atoms with Gasteiger partial charge in [0, 0.05) is 24.6 Å². The Morgan fingerprint density at radius 1 is 0.848 bits per heavy atom. The van der Waals surface area contributed by atoms with Crippen molar-refractivity contribution in [2.45, 2.75) is 50.7 Å². The lowest BCUT2D eigenvalue weighted by atomic mass is 10.0. The first-order valence-electron chi connectivity index (χ1n) is 14.9. The topological polar surface area (TPSA) is 96.0 Å². The fourth-order valence-corrected chi connectivity index (χ4v) is 6.30. The first kappa shape index (κ1) is 34.1.